The fourth-order valence-electron chi connectivity index (χ4n) is 12.5. The van der Waals surface area contributed by atoms with Gasteiger partial charge in [0.1, 0.15) is 28.9 Å². The fourth-order valence-corrected chi connectivity index (χ4v) is 15.1. The number of carbonyl (C=O) groups excluding carboxylic acids is 12. The minimum absolute atomic E-state index is 0.0162. The molecular formula is C65H97N11O19S2. The van der Waals surface area contributed by atoms with Crippen molar-refractivity contribution >= 4 is 110 Å². The van der Waals surface area contributed by atoms with Gasteiger partial charge in [0, 0.05) is 111 Å². The molecule has 0 saturated carbocycles. The zero-order valence-corrected chi connectivity index (χ0v) is 57.5. The second-order valence-corrected chi connectivity index (χ2v) is 28.6. The van der Waals surface area contributed by atoms with Crippen molar-refractivity contribution in [3.8, 4) is 5.75 Å². The third-order valence-electron chi connectivity index (χ3n) is 18.6. The van der Waals surface area contributed by atoms with E-state index >= 15 is 9.00 Å². The van der Waals surface area contributed by atoms with E-state index in [1.807, 2.05) is 4.90 Å². The number of carboxylic acids is 1. The second-order valence-electron chi connectivity index (χ2n) is 25.9. The van der Waals surface area contributed by atoms with Gasteiger partial charge < -0.3 is 82.9 Å². The Morgan fingerprint density at radius 1 is 0.825 bits per heavy atom. The number of aromatic amines is 1. The van der Waals surface area contributed by atoms with E-state index in [9.17, 15) is 72.9 Å². The number of unbranched alkanes of at least 4 members (excludes halogenated alkanes) is 4. The van der Waals surface area contributed by atoms with Gasteiger partial charge in [0.25, 0.3) is 0 Å². The van der Waals surface area contributed by atoms with Gasteiger partial charge in [0.2, 0.25) is 59.1 Å². The molecule has 1 aromatic heterocycles. The highest BCUT2D eigenvalue weighted by molar-refractivity contribution is 7.99. The molecule has 97 heavy (non-hydrogen) atoms. The first-order valence-electron chi connectivity index (χ1n) is 33.4. The molecule has 1 aromatic carbocycles. The number of likely N-dealkylation sites (tertiary alicyclic amines) is 1. The van der Waals surface area contributed by atoms with Gasteiger partial charge in [-0.15, -0.1) is 0 Å². The average Bonchev–Trinajstić information content (AvgIpc) is 1.63. The van der Waals surface area contributed by atoms with Crippen molar-refractivity contribution in [1.82, 2.24) is 52.0 Å². The number of aromatic nitrogens is 1. The molecule has 10 amide bonds. The van der Waals surface area contributed by atoms with Crippen LogP contribution in [0.25, 0.3) is 10.9 Å². The highest BCUT2D eigenvalue weighted by Gasteiger charge is 2.45. The van der Waals surface area contributed by atoms with Crippen LogP contribution in [0.5, 0.6) is 5.75 Å². The van der Waals surface area contributed by atoms with E-state index in [0.29, 0.717) is 106 Å². The predicted octanol–water partition coefficient (Wildman–Crippen LogP) is -0.748. The maximum atomic E-state index is 15.5. The maximum absolute atomic E-state index is 15.5. The van der Waals surface area contributed by atoms with Crippen molar-refractivity contribution in [3.63, 3.8) is 0 Å². The molecule has 4 aliphatic heterocycles. The van der Waals surface area contributed by atoms with Gasteiger partial charge in [-0.05, 0) is 68.6 Å². The Morgan fingerprint density at radius 3 is 2.14 bits per heavy atom. The first kappa shape index (κ1) is 78.4. The number of hydrogen-bond acceptors (Lipinski definition) is 19. The highest BCUT2D eigenvalue weighted by Crippen LogP contribution is 2.39. The number of benzene rings is 1. The van der Waals surface area contributed by atoms with Crippen molar-refractivity contribution < 1.29 is 91.7 Å². The molecule has 30 nitrogen and oxygen atoms in total. The summed E-state index contributed by atoms with van der Waals surface area (Å²) in [5, 5.41) is 59.7. The largest absolute Gasteiger partial charge is 0.496 e. The summed E-state index contributed by atoms with van der Waals surface area (Å²) >= 11 is 1.58. The summed E-state index contributed by atoms with van der Waals surface area (Å²) in [6.45, 7) is 5.41. The molecule has 538 valence electrons. The summed E-state index contributed by atoms with van der Waals surface area (Å²) in [4.78, 5) is 183. The van der Waals surface area contributed by atoms with Gasteiger partial charge in [-0.1, -0.05) is 47.0 Å². The molecule has 2 aromatic rings. The molecule has 5 heterocycles. The first-order valence-corrected chi connectivity index (χ1v) is 35.8. The smallest absolute Gasteiger partial charge is 0.306 e. The molecule has 0 aliphatic carbocycles. The number of fused-ring (bicyclic) bond motifs is 5. The Kier molecular flexibility index (Phi) is 30.7. The van der Waals surface area contributed by atoms with E-state index in [0.717, 1.165) is 17.7 Å². The number of nitrogens with two attached hydrogens (primary N) is 1. The summed E-state index contributed by atoms with van der Waals surface area (Å²) < 4.78 is 21.4. The Labute approximate surface area is 570 Å². The fraction of sp³-hybridized carbons (Fsp3) is 0.677. The van der Waals surface area contributed by atoms with E-state index in [2.05, 4.69) is 42.2 Å². The van der Waals surface area contributed by atoms with Crippen LogP contribution in [0.4, 0.5) is 0 Å². The molecule has 14 N–H and O–H groups in total. The molecule has 32 heteroatoms. The van der Waals surface area contributed by atoms with Crippen molar-refractivity contribution in [2.45, 2.75) is 189 Å². The van der Waals surface area contributed by atoms with Crippen LogP contribution < -0.4 is 47.7 Å². The SMILES string of the molecule is CC[C@H](C)[C@@H]1CC(=O)CNC(=O)[C@H]2CC(=O)[C@H]([C@@H](C)[C@@H](O)CO)NC(=O)[C@@H]3C[C@@H](O)CN3C(=O)[C@H](CC(N)=O)NC(=O)[C@H](CS(=O)c3[nH]c4c(CSC5CCN(C(=O)CCCCCNC(=O)CCCCCNC(=O)CC(C)C(=O)O)CC5)c(OC)ccc4c3C2)NC(=O)CNC1=O. The molecular weight excluding hydrogens is 1300 g/mol. The summed E-state index contributed by atoms with van der Waals surface area (Å²) in [5.74, 6) is -14.9. The topological polar surface area (TPSA) is 462 Å². The molecule has 6 rings (SSSR count). The van der Waals surface area contributed by atoms with E-state index in [1.54, 1.807) is 37.7 Å². The molecule has 4 aliphatic rings. The normalized spacial score (nSPS) is 24.3. The molecule has 2 unspecified atom stereocenters. The number of carbonyl (C=O) groups is 13. The Bertz CT molecular complexity index is 3210. The van der Waals surface area contributed by atoms with Gasteiger partial charge in [-0.2, -0.15) is 11.8 Å². The zero-order chi connectivity index (χ0) is 71.2. The number of aliphatic hydroxyl groups excluding tert-OH is 3. The number of carboxylic acid groups (broad SMARTS) is 1. The lowest BCUT2D eigenvalue weighted by Gasteiger charge is -2.32. The number of ketones is 2. The van der Waals surface area contributed by atoms with E-state index < -0.39 is 193 Å². The summed E-state index contributed by atoms with van der Waals surface area (Å²) in [6, 6.07) is -3.66. The summed E-state index contributed by atoms with van der Waals surface area (Å²) in [5.41, 5.74) is 6.77. The molecule has 0 spiro atoms. The van der Waals surface area contributed by atoms with Crippen molar-refractivity contribution in [2.75, 3.05) is 65.3 Å². The number of nitrogens with zero attached hydrogens (tertiary/aromatic N) is 2. The quantitative estimate of drug-likeness (QED) is 0.0516. The van der Waals surface area contributed by atoms with Gasteiger partial charge >= 0.3 is 5.97 Å². The minimum Gasteiger partial charge on any atom is -0.496 e. The molecule has 2 bridgehead atoms. The number of Topliss-reactive ketones (excluding diaryl/α,β-unsaturated/α-hetero) is 2. The maximum Gasteiger partial charge on any atom is 0.306 e. The number of nitrogens with one attached hydrogen (secondary N) is 8. The van der Waals surface area contributed by atoms with Gasteiger partial charge in [-0.25, -0.2) is 0 Å². The number of ether oxygens (including phenoxy) is 1. The van der Waals surface area contributed by atoms with Crippen LogP contribution in [0.1, 0.15) is 142 Å². The van der Waals surface area contributed by atoms with Crippen LogP contribution in [-0.2, 0) is 85.3 Å². The third kappa shape index (κ3) is 22.8. The van der Waals surface area contributed by atoms with Crippen LogP contribution in [0.15, 0.2) is 17.2 Å². The average molecular weight is 1400 g/mol. The Morgan fingerprint density at radius 2 is 1.49 bits per heavy atom. The first-order chi connectivity index (χ1) is 46.1. The number of primary amides is 1. The predicted molar refractivity (Wildman–Crippen MR) is 355 cm³/mol. The number of aliphatic carboxylic acids is 1. The lowest BCUT2D eigenvalue weighted by molar-refractivity contribution is -0.144. The van der Waals surface area contributed by atoms with E-state index in [1.165, 1.54) is 21.0 Å². The number of rotatable bonds is 26. The molecule has 2 fully saturated rings. The number of amides is 10. The van der Waals surface area contributed by atoms with Crippen LogP contribution in [0, 0.1) is 29.6 Å². The van der Waals surface area contributed by atoms with Gasteiger partial charge in [0.15, 0.2) is 11.6 Å². The minimum atomic E-state index is -2.42. The number of methoxy groups -OCH3 is 1. The summed E-state index contributed by atoms with van der Waals surface area (Å²) in [6.07, 6.45) is 0.509. The van der Waals surface area contributed by atoms with Gasteiger partial charge in [0.05, 0.1) is 79.5 Å². The van der Waals surface area contributed by atoms with Crippen LogP contribution in [0.2, 0.25) is 0 Å². The van der Waals surface area contributed by atoms with E-state index in [-0.39, 0.29) is 52.2 Å². The van der Waals surface area contributed by atoms with Crippen molar-refractivity contribution in [2.24, 2.45) is 35.3 Å². The summed E-state index contributed by atoms with van der Waals surface area (Å²) in [7, 11) is -0.966. The Hall–Kier alpha value is -7.55. The lowest BCUT2D eigenvalue weighted by Crippen LogP contribution is -2.60. The molecule has 0 radical (unpaired) electrons. The molecule has 2 saturated heterocycles. The van der Waals surface area contributed by atoms with Crippen molar-refractivity contribution in [3.05, 3.63) is 23.3 Å². The number of aliphatic hydroxyl groups is 3. The van der Waals surface area contributed by atoms with Crippen molar-refractivity contribution in [1.29, 1.82) is 0 Å². The third-order valence-corrected chi connectivity index (χ3v) is 21.4. The number of hydrogen-bond donors (Lipinski definition) is 13. The number of piperidine rings is 1. The standard InChI is InChI=1S/C65H97N11O19S2/c1-6-35(2)43-26-39(78)29-69-59(87)38-24-44-42-15-16-51(95-5)45(33-96-41-17-21-75(22-18-41)56(86)14-10-8-12-19-67-53(83)13-9-7-11-20-68-54(84)23-36(3)65(92)93)58(42)74-63(44)97(94)34-47(71-55(85)30-70-60(43)88)61(89)72-46(28-52(66)82)64(91)76-31-40(79)27-48(76)62(90)73-57(49(80)25-38)37(4)50(81)32-77/h15-16,35-38,40-41,43,46-48,50,57,74,77,79,81H,6-14,17-34H2,1-5H3,(H2,66,82)(H,67,83)(H,68,84)(H,69,87)(H,70,88)(H,71,85)(H,72,89)(H,73,90)(H,92,93)/t35-,36?,37-,38+,40+,43-,46-,47-,48-,50-,57-,97?/m0/s1. The van der Waals surface area contributed by atoms with Crippen LogP contribution in [0.3, 0.4) is 0 Å². The molecule has 12 atom stereocenters. The van der Waals surface area contributed by atoms with E-state index in [4.69, 9.17) is 15.6 Å². The van der Waals surface area contributed by atoms with Gasteiger partial charge in [-0.3, -0.25) is 66.5 Å². The number of H-pyrrole nitrogens is 1. The Balaban J connectivity index is 1.26. The highest BCUT2D eigenvalue weighted by atomic mass is 32.2. The zero-order valence-electron chi connectivity index (χ0n) is 55.9. The number of thioether (sulfide) groups is 1. The second kappa shape index (κ2) is 38.0. The lowest BCUT2D eigenvalue weighted by atomic mass is 9.85. The van der Waals surface area contributed by atoms with Crippen LogP contribution in [-0.4, -0.2) is 223 Å². The van der Waals surface area contributed by atoms with Crippen LogP contribution >= 0.6 is 11.8 Å². The monoisotopic (exact) mass is 1400 g/mol.